The van der Waals surface area contributed by atoms with Crippen LogP contribution in [0.5, 0.6) is 11.5 Å². The lowest BCUT2D eigenvalue weighted by Gasteiger charge is -2.47. The molecule has 0 aliphatic carbocycles. The lowest BCUT2D eigenvalue weighted by Crippen LogP contribution is -2.58. The molecule has 0 radical (unpaired) electrons. The van der Waals surface area contributed by atoms with E-state index in [4.69, 9.17) is 28.7 Å². The van der Waals surface area contributed by atoms with Gasteiger partial charge in [0, 0.05) is 47.5 Å². The van der Waals surface area contributed by atoms with Crippen LogP contribution >= 0.6 is 0 Å². The Hall–Kier alpha value is -4.28. The molecule has 13 atom stereocenters. The molecule has 1 amide bonds. The number of nitrogens with zero attached hydrogens (tertiary/aromatic N) is 3. The van der Waals surface area contributed by atoms with Gasteiger partial charge in [0.05, 0.1) is 24.8 Å². The van der Waals surface area contributed by atoms with Gasteiger partial charge < -0.3 is 33.7 Å². The van der Waals surface area contributed by atoms with Crippen molar-refractivity contribution >= 4 is 23.6 Å². The van der Waals surface area contributed by atoms with Crippen molar-refractivity contribution in [2.75, 3.05) is 27.2 Å². The monoisotopic (exact) mass is 813 g/mol. The lowest BCUT2D eigenvalue weighted by atomic mass is 9.66. The average Bonchev–Trinajstić information content (AvgIpc) is 3.32. The van der Waals surface area contributed by atoms with Crippen molar-refractivity contribution in [1.82, 2.24) is 9.80 Å². The maximum absolute atomic E-state index is 14.7. The topological polar surface area (TPSA) is 136 Å². The number of amides is 1. The molecule has 320 valence electrons. The number of carbonyl (C=O) groups is 3. The van der Waals surface area contributed by atoms with E-state index in [1.807, 2.05) is 94.4 Å². The summed E-state index contributed by atoms with van der Waals surface area (Å²) in [6, 6.07) is 16.4. The fourth-order valence-electron chi connectivity index (χ4n) is 10.0. The Labute approximate surface area is 349 Å². The van der Waals surface area contributed by atoms with Gasteiger partial charge in [-0.05, 0) is 96.4 Å². The van der Waals surface area contributed by atoms with Crippen molar-refractivity contribution in [1.29, 1.82) is 0 Å². The fourth-order valence-corrected chi connectivity index (χ4v) is 10.0. The number of esters is 1. The van der Waals surface area contributed by atoms with E-state index in [0.29, 0.717) is 44.5 Å². The van der Waals surface area contributed by atoms with E-state index in [-0.39, 0.29) is 29.8 Å². The van der Waals surface area contributed by atoms with E-state index >= 15 is 0 Å². The molecule has 4 heterocycles. The van der Waals surface area contributed by atoms with Gasteiger partial charge in [0.15, 0.2) is 17.7 Å². The Morgan fingerprint density at radius 1 is 0.966 bits per heavy atom. The Morgan fingerprint density at radius 3 is 2.31 bits per heavy atom. The van der Waals surface area contributed by atoms with Gasteiger partial charge in [0.2, 0.25) is 0 Å². The second kappa shape index (κ2) is 18.1. The molecule has 0 aromatic heterocycles. The van der Waals surface area contributed by atoms with Crippen molar-refractivity contribution in [3.05, 3.63) is 60.2 Å². The van der Waals surface area contributed by atoms with Crippen LogP contribution in [-0.4, -0.2) is 114 Å². The van der Waals surface area contributed by atoms with Crippen molar-refractivity contribution in [3.8, 4) is 23.3 Å². The van der Waals surface area contributed by atoms with E-state index < -0.39 is 65.6 Å². The first-order valence-electron chi connectivity index (χ1n) is 21.2. The first-order chi connectivity index (χ1) is 28.0. The Balaban J connectivity index is 1.42. The summed E-state index contributed by atoms with van der Waals surface area (Å²) < 4.78 is 31.6. The molecule has 2 aromatic rings. The fraction of sp³-hybridized carbons (Fsp3) is 0.617. The number of benzene rings is 2. The molecule has 0 saturated carbocycles. The minimum Gasteiger partial charge on any atom is -0.458 e. The van der Waals surface area contributed by atoms with Gasteiger partial charge in [-0.15, -0.1) is 0 Å². The molecule has 6 rings (SSSR count). The third-order valence-corrected chi connectivity index (χ3v) is 13.1. The molecule has 12 nitrogen and oxygen atoms in total. The second-order valence-corrected chi connectivity index (χ2v) is 17.8. The number of fused-ring (bicyclic) bond motifs is 1. The van der Waals surface area contributed by atoms with Crippen LogP contribution in [0.1, 0.15) is 86.6 Å². The average molecular weight is 814 g/mol. The Kier molecular flexibility index (Phi) is 13.6. The highest BCUT2D eigenvalue weighted by atomic mass is 16.7. The van der Waals surface area contributed by atoms with Crippen molar-refractivity contribution in [2.24, 2.45) is 34.1 Å². The quantitative estimate of drug-likeness (QED) is 0.179. The number of para-hydroxylation sites is 1. The number of carbonyl (C=O) groups excluding carboxylic acids is 3. The normalized spacial score (nSPS) is 36.7. The van der Waals surface area contributed by atoms with Crippen molar-refractivity contribution in [3.63, 3.8) is 0 Å². The minimum atomic E-state index is -1.18. The number of aliphatic imine (C=N–C) groups is 1. The highest BCUT2D eigenvalue weighted by Crippen LogP contribution is 2.46. The number of likely N-dealkylation sites (N-methyl/N-ethyl adjacent to an activating group) is 1. The summed E-state index contributed by atoms with van der Waals surface area (Å²) in [4.78, 5) is 51.0. The number of hydrogen-bond acceptors (Lipinski definition) is 11. The third-order valence-electron chi connectivity index (χ3n) is 13.1. The SMILES string of the molecule is CC[C@H]1OC(=O)[C@H](C)C(=O)[C@H](C)[C@@H](OC2O[C@H](C)C[C@H](N(C)C)[C@H]2O)[C@@](C)(CC#Cc2ccc(Oc3ccccc3)cc2)C[C@@H](C)C2=NCCN3C(=O)O[C@@]1(C)[C@H]3[C@H]2C. The summed E-state index contributed by atoms with van der Waals surface area (Å²) in [5.74, 6) is 4.70. The van der Waals surface area contributed by atoms with Gasteiger partial charge in [-0.1, -0.05) is 64.7 Å². The van der Waals surface area contributed by atoms with Crippen LogP contribution in [0.25, 0.3) is 0 Å². The highest BCUT2D eigenvalue weighted by Gasteiger charge is 2.60. The van der Waals surface area contributed by atoms with Crippen LogP contribution in [0, 0.1) is 40.9 Å². The molecular weight excluding hydrogens is 751 g/mol. The van der Waals surface area contributed by atoms with Crippen molar-refractivity contribution < 1.29 is 43.2 Å². The number of cyclic esters (lactones) is 1. The molecule has 3 fully saturated rings. The van der Waals surface area contributed by atoms with E-state index in [9.17, 15) is 19.5 Å². The maximum atomic E-state index is 14.7. The van der Waals surface area contributed by atoms with Crippen LogP contribution in [0.4, 0.5) is 4.79 Å². The summed E-state index contributed by atoms with van der Waals surface area (Å²) in [6.07, 6.45) is -2.66. The number of Topliss-reactive ketones (excluding diaryl/α,β-unsaturated/α-hetero) is 1. The molecule has 3 saturated heterocycles. The largest absolute Gasteiger partial charge is 0.458 e. The lowest BCUT2D eigenvalue weighted by molar-refractivity contribution is -0.286. The predicted molar refractivity (Wildman–Crippen MR) is 224 cm³/mol. The molecule has 4 aliphatic heterocycles. The molecule has 2 aromatic carbocycles. The maximum Gasteiger partial charge on any atom is 0.410 e. The van der Waals surface area contributed by atoms with Gasteiger partial charge >= 0.3 is 12.1 Å². The number of rotatable bonds is 7. The van der Waals surface area contributed by atoms with Crippen LogP contribution in [0.15, 0.2) is 59.6 Å². The number of ketones is 1. The molecule has 2 bridgehead atoms. The van der Waals surface area contributed by atoms with Gasteiger partial charge in [-0.2, -0.15) is 0 Å². The summed E-state index contributed by atoms with van der Waals surface area (Å²) >= 11 is 0. The van der Waals surface area contributed by atoms with E-state index in [2.05, 4.69) is 32.6 Å². The van der Waals surface area contributed by atoms with Gasteiger partial charge in [-0.25, -0.2) is 4.79 Å². The number of aliphatic hydroxyl groups is 1. The smallest absolute Gasteiger partial charge is 0.410 e. The van der Waals surface area contributed by atoms with Crippen LogP contribution in [-0.2, 0) is 28.5 Å². The van der Waals surface area contributed by atoms with E-state index in [0.717, 1.165) is 17.0 Å². The van der Waals surface area contributed by atoms with E-state index in [1.54, 1.807) is 18.7 Å². The molecule has 1 N–H and O–H groups in total. The summed E-state index contributed by atoms with van der Waals surface area (Å²) in [7, 11) is 3.83. The zero-order chi connectivity index (χ0) is 42.8. The number of ether oxygens (including phenoxy) is 5. The predicted octanol–water partition coefficient (Wildman–Crippen LogP) is 6.91. The standard InChI is InChI=1S/C47H63N3O9/c1-11-37-47(8)41-30(4)38(48-24-25-50(41)45(54)59-47)28(2)27-46(7,23-15-16-33-19-21-35(22-20-33)56-34-17-13-12-14-18-34)42(31(5)39(51)32(6)43(53)57-37)58-44-40(52)36(49(9)10)26-29(3)55-44/h12-14,17-22,28-32,36-37,40-42,44,52H,11,23-27H2,1-10H3/t28-,29-,30+,31+,32-,36+,37-,40-,41-,42-,44?,46+,47-/m1/s1. The molecular formula is C47H63N3O9. The second-order valence-electron chi connectivity index (χ2n) is 17.8. The molecule has 12 heteroatoms. The first-order valence-corrected chi connectivity index (χ1v) is 21.2. The highest BCUT2D eigenvalue weighted by molar-refractivity contribution is 6.00. The summed E-state index contributed by atoms with van der Waals surface area (Å²) in [6.45, 7) is 16.0. The summed E-state index contributed by atoms with van der Waals surface area (Å²) in [5.41, 5.74) is -0.337. The van der Waals surface area contributed by atoms with Gasteiger partial charge in [-0.3, -0.25) is 19.5 Å². The van der Waals surface area contributed by atoms with Crippen molar-refractivity contribution in [2.45, 2.75) is 129 Å². The number of aliphatic hydroxyl groups excluding tert-OH is 1. The molecule has 0 spiro atoms. The molecule has 1 unspecified atom stereocenters. The van der Waals surface area contributed by atoms with Crippen LogP contribution in [0.3, 0.4) is 0 Å². The first kappa shape index (κ1) is 44.3. The Bertz CT molecular complexity index is 1910. The van der Waals surface area contributed by atoms with Crippen LogP contribution < -0.4 is 4.74 Å². The molecule has 4 aliphatic rings. The van der Waals surface area contributed by atoms with Gasteiger partial charge in [0.1, 0.15) is 29.6 Å². The zero-order valence-corrected chi connectivity index (χ0v) is 36.3. The molecule has 59 heavy (non-hydrogen) atoms. The van der Waals surface area contributed by atoms with Crippen LogP contribution in [0.2, 0.25) is 0 Å². The number of hydrogen-bond donors (Lipinski definition) is 1. The van der Waals surface area contributed by atoms with E-state index in [1.165, 1.54) is 0 Å². The zero-order valence-electron chi connectivity index (χ0n) is 36.3. The van der Waals surface area contributed by atoms with Gasteiger partial charge in [0.25, 0.3) is 0 Å². The summed E-state index contributed by atoms with van der Waals surface area (Å²) in [5, 5.41) is 11.7. The third kappa shape index (κ3) is 9.24. The Morgan fingerprint density at radius 2 is 1.64 bits per heavy atom. The minimum absolute atomic E-state index is 0.159.